The fraction of sp³-hybridized carbons (Fsp3) is 0.240. The van der Waals surface area contributed by atoms with E-state index < -0.39 is 0 Å². The third-order valence-corrected chi connectivity index (χ3v) is 5.87. The number of hydrogen-bond acceptors (Lipinski definition) is 5. The third kappa shape index (κ3) is 5.95. The first-order valence-electron chi connectivity index (χ1n) is 9.92. The molecule has 0 unspecified atom stereocenters. The van der Waals surface area contributed by atoms with E-state index in [1.807, 2.05) is 24.3 Å². The van der Waals surface area contributed by atoms with Crippen molar-refractivity contribution in [3.05, 3.63) is 101 Å². The zero-order chi connectivity index (χ0) is 21.3. The maximum atomic E-state index is 11.7. The van der Waals surface area contributed by atoms with Crippen LogP contribution in [-0.2, 0) is 30.9 Å². The predicted molar refractivity (Wildman–Crippen MR) is 123 cm³/mol. The number of nitrogens with zero attached hydrogens (tertiary/aromatic N) is 1. The smallest absolute Gasteiger partial charge is 0.337 e. The zero-order valence-electron chi connectivity index (χ0n) is 17.5. The summed E-state index contributed by atoms with van der Waals surface area (Å²) in [7, 11) is 1.40. The highest BCUT2D eigenvalue weighted by atomic mass is 32.2. The highest BCUT2D eigenvalue weighted by molar-refractivity contribution is 7.98. The summed E-state index contributed by atoms with van der Waals surface area (Å²) in [5, 5.41) is 0. The molecule has 0 aromatic heterocycles. The maximum absolute atomic E-state index is 11.7. The Morgan fingerprint density at radius 2 is 1.43 bits per heavy atom. The lowest BCUT2D eigenvalue weighted by Crippen LogP contribution is -2.23. The molecule has 0 spiro atoms. The maximum Gasteiger partial charge on any atom is 0.337 e. The molecule has 5 heteroatoms. The molecule has 3 aromatic rings. The number of esters is 1. The minimum absolute atomic E-state index is 0.313. The van der Waals surface area contributed by atoms with Crippen molar-refractivity contribution in [2.24, 2.45) is 5.73 Å². The molecular weight excluding hydrogens is 392 g/mol. The summed E-state index contributed by atoms with van der Waals surface area (Å²) in [5.41, 5.74) is 11.2. The molecule has 0 aliphatic carbocycles. The number of ether oxygens (including phenoxy) is 1. The second-order valence-electron chi connectivity index (χ2n) is 7.17. The van der Waals surface area contributed by atoms with E-state index in [2.05, 4.69) is 59.7 Å². The quantitative estimate of drug-likeness (QED) is 0.396. The molecule has 0 bridgehead atoms. The summed E-state index contributed by atoms with van der Waals surface area (Å²) < 4.78 is 4.80. The second-order valence-corrected chi connectivity index (χ2v) is 8.01. The standard InChI is InChI=1S/C25H28N2O2S/c1-29-25(28)22-13-11-21(12-14-22)17-27(16-20-9-7-19(15-26)8-10-20)18-23-5-3-4-6-24(23)30-2/h3-14H,15-18,26H2,1-2H3. The molecule has 3 rings (SSSR count). The summed E-state index contributed by atoms with van der Waals surface area (Å²) in [6.45, 7) is 3.00. The van der Waals surface area contributed by atoms with E-state index >= 15 is 0 Å². The number of rotatable bonds is 9. The molecule has 0 amide bonds. The van der Waals surface area contributed by atoms with Gasteiger partial charge in [-0.2, -0.15) is 0 Å². The van der Waals surface area contributed by atoms with Crippen LogP contribution in [0.5, 0.6) is 0 Å². The average molecular weight is 421 g/mol. The largest absolute Gasteiger partial charge is 0.465 e. The van der Waals surface area contributed by atoms with E-state index in [9.17, 15) is 4.79 Å². The highest BCUT2D eigenvalue weighted by Crippen LogP contribution is 2.23. The van der Waals surface area contributed by atoms with Gasteiger partial charge in [-0.1, -0.05) is 54.6 Å². The first-order valence-corrected chi connectivity index (χ1v) is 11.1. The number of benzene rings is 3. The van der Waals surface area contributed by atoms with Crippen LogP contribution in [0.4, 0.5) is 0 Å². The van der Waals surface area contributed by atoms with Gasteiger partial charge in [-0.25, -0.2) is 4.79 Å². The monoisotopic (exact) mass is 420 g/mol. The SMILES string of the molecule is COC(=O)c1ccc(CN(Cc2ccc(CN)cc2)Cc2ccccc2SC)cc1. The fourth-order valence-corrected chi connectivity index (χ4v) is 4.01. The molecule has 0 aliphatic heterocycles. The molecule has 3 aromatic carbocycles. The third-order valence-electron chi connectivity index (χ3n) is 5.03. The summed E-state index contributed by atoms with van der Waals surface area (Å²) in [6, 6.07) is 24.7. The first-order chi connectivity index (χ1) is 14.6. The Kier molecular flexibility index (Phi) is 8.08. The van der Waals surface area contributed by atoms with Crippen LogP contribution in [0.1, 0.15) is 32.6 Å². The van der Waals surface area contributed by atoms with Gasteiger partial charge in [-0.05, 0) is 46.7 Å². The Morgan fingerprint density at radius 3 is 2.00 bits per heavy atom. The van der Waals surface area contributed by atoms with Crippen LogP contribution in [0, 0.1) is 0 Å². The van der Waals surface area contributed by atoms with Crippen LogP contribution in [0.2, 0.25) is 0 Å². The molecule has 0 saturated carbocycles. The van der Waals surface area contributed by atoms with Crippen molar-refractivity contribution < 1.29 is 9.53 Å². The average Bonchev–Trinajstić information content (AvgIpc) is 2.80. The summed E-state index contributed by atoms with van der Waals surface area (Å²) in [5.74, 6) is -0.313. The number of nitrogens with two attached hydrogens (primary N) is 1. The van der Waals surface area contributed by atoms with E-state index in [4.69, 9.17) is 10.5 Å². The molecule has 0 saturated heterocycles. The number of carbonyl (C=O) groups excluding carboxylic acids is 1. The van der Waals surface area contributed by atoms with Crippen molar-refractivity contribution >= 4 is 17.7 Å². The van der Waals surface area contributed by atoms with Gasteiger partial charge >= 0.3 is 5.97 Å². The topological polar surface area (TPSA) is 55.6 Å². The molecule has 0 radical (unpaired) electrons. The molecule has 4 nitrogen and oxygen atoms in total. The molecule has 2 N–H and O–H groups in total. The molecule has 0 heterocycles. The van der Waals surface area contributed by atoms with Gasteiger partial charge in [0, 0.05) is 31.1 Å². The summed E-state index contributed by atoms with van der Waals surface area (Å²) in [6.07, 6.45) is 2.11. The number of thioether (sulfide) groups is 1. The Balaban J connectivity index is 1.81. The van der Waals surface area contributed by atoms with E-state index in [1.54, 1.807) is 11.8 Å². The zero-order valence-corrected chi connectivity index (χ0v) is 18.3. The van der Waals surface area contributed by atoms with Crippen molar-refractivity contribution in [2.45, 2.75) is 31.1 Å². The van der Waals surface area contributed by atoms with Gasteiger partial charge in [0.25, 0.3) is 0 Å². The van der Waals surface area contributed by atoms with Crippen LogP contribution < -0.4 is 5.73 Å². The van der Waals surface area contributed by atoms with Crippen LogP contribution in [0.3, 0.4) is 0 Å². The van der Waals surface area contributed by atoms with Gasteiger partial charge in [-0.3, -0.25) is 4.90 Å². The van der Waals surface area contributed by atoms with E-state index in [-0.39, 0.29) is 5.97 Å². The highest BCUT2D eigenvalue weighted by Gasteiger charge is 2.12. The Labute approximate surface area is 183 Å². The van der Waals surface area contributed by atoms with Crippen molar-refractivity contribution in [1.82, 2.24) is 4.90 Å². The lowest BCUT2D eigenvalue weighted by atomic mass is 10.1. The molecule has 0 fully saturated rings. The summed E-state index contributed by atoms with van der Waals surface area (Å²) in [4.78, 5) is 15.4. The summed E-state index contributed by atoms with van der Waals surface area (Å²) >= 11 is 1.77. The van der Waals surface area contributed by atoms with Crippen LogP contribution in [0.25, 0.3) is 0 Å². The lowest BCUT2D eigenvalue weighted by molar-refractivity contribution is 0.0600. The van der Waals surface area contributed by atoms with Gasteiger partial charge in [0.15, 0.2) is 0 Å². The molecule has 0 aliphatic rings. The number of hydrogen-bond donors (Lipinski definition) is 1. The Morgan fingerprint density at radius 1 is 0.867 bits per heavy atom. The Hall–Kier alpha value is -2.60. The van der Waals surface area contributed by atoms with Gasteiger partial charge < -0.3 is 10.5 Å². The minimum atomic E-state index is -0.313. The normalized spacial score (nSPS) is 10.9. The van der Waals surface area contributed by atoms with Crippen LogP contribution >= 0.6 is 11.8 Å². The van der Waals surface area contributed by atoms with Crippen molar-refractivity contribution in [3.63, 3.8) is 0 Å². The predicted octanol–water partition coefficient (Wildman–Crippen LogP) is 4.86. The minimum Gasteiger partial charge on any atom is -0.465 e. The van der Waals surface area contributed by atoms with Crippen LogP contribution in [0.15, 0.2) is 77.7 Å². The van der Waals surface area contributed by atoms with Crippen LogP contribution in [-0.4, -0.2) is 24.2 Å². The van der Waals surface area contributed by atoms with Gasteiger partial charge in [0.05, 0.1) is 12.7 Å². The second kappa shape index (κ2) is 11.0. The molecule has 156 valence electrons. The van der Waals surface area contributed by atoms with E-state index in [0.29, 0.717) is 12.1 Å². The molecule has 0 atom stereocenters. The van der Waals surface area contributed by atoms with Crippen molar-refractivity contribution in [2.75, 3.05) is 13.4 Å². The Bertz CT molecular complexity index is 956. The number of methoxy groups -OCH3 is 1. The van der Waals surface area contributed by atoms with Crippen molar-refractivity contribution in [3.8, 4) is 0 Å². The van der Waals surface area contributed by atoms with Gasteiger partial charge in [0.1, 0.15) is 0 Å². The van der Waals surface area contributed by atoms with E-state index in [1.165, 1.54) is 23.1 Å². The fourth-order valence-electron chi connectivity index (χ4n) is 3.40. The van der Waals surface area contributed by atoms with E-state index in [0.717, 1.165) is 30.8 Å². The van der Waals surface area contributed by atoms with Crippen molar-refractivity contribution in [1.29, 1.82) is 0 Å². The van der Waals surface area contributed by atoms with Gasteiger partial charge in [-0.15, -0.1) is 11.8 Å². The molecule has 30 heavy (non-hydrogen) atoms. The lowest BCUT2D eigenvalue weighted by Gasteiger charge is -2.24. The number of carbonyl (C=O) groups is 1. The molecular formula is C25H28N2O2S. The first kappa shape index (κ1) is 22.1. The van der Waals surface area contributed by atoms with Gasteiger partial charge in [0.2, 0.25) is 0 Å².